The Morgan fingerprint density at radius 1 is 0.676 bits per heavy atom. The summed E-state index contributed by atoms with van der Waals surface area (Å²) in [6, 6.07) is 32.8. The fraction of sp³-hybridized carbons (Fsp3) is 0.143. The van der Waals surface area contributed by atoms with Crippen LogP contribution in [-0.4, -0.2) is 9.82 Å². The second kappa shape index (κ2) is 11.2. The Labute approximate surface area is 199 Å². The lowest BCUT2D eigenvalue weighted by molar-refractivity contribution is -0.384. The van der Waals surface area contributed by atoms with Gasteiger partial charge in [0.2, 0.25) is 0 Å². The van der Waals surface area contributed by atoms with E-state index in [9.17, 15) is 10.1 Å². The predicted octanol–water partition coefficient (Wildman–Crippen LogP) is 6.05. The van der Waals surface area contributed by atoms with E-state index in [4.69, 9.17) is 10.5 Å². The van der Waals surface area contributed by atoms with Crippen LogP contribution in [0.15, 0.2) is 103 Å². The lowest BCUT2D eigenvalue weighted by Gasteiger charge is -2.23. The van der Waals surface area contributed by atoms with Gasteiger partial charge in [-0.2, -0.15) is 0 Å². The van der Waals surface area contributed by atoms with Crippen molar-refractivity contribution in [2.24, 2.45) is 5.73 Å². The van der Waals surface area contributed by atoms with E-state index in [2.05, 4.69) is 23.1 Å². The van der Waals surface area contributed by atoms with E-state index >= 15 is 0 Å². The number of rotatable bonds is 10. The third-order valence-corrected chi connectivity index (χ3v) is 5.50. The summed E-state index contributed by atoms with van der Waals surface area (Å²) in [4.78, 5) is 12.9. The summed E-state index contributed by atoms with van der Waals surface area (Å²) in [7, 11) is 0. The Hall–Kier alpha value is -4.00. The number of nitro groups is 1. The average Bonchev–Trinajstić information content (AvgIpc) is 2.86. The van der Waals surface area contributed by atoms with E-state index in [0.717, 1.165) is 34.7 Å². The standard InChI is InChI=1S/C28H27N3O3/c29-18-22-9-11-23(12-10-22)19-30(20-24-13-15-26(16-14-24)31(32)33)21-25-5-4-8-28(17-25)34-27-6-2-1-3-7-27/h1-17H,18-21,29H2. The molecule has 0 amide bonds. The highest BCUT2D eigenvalue weighted by molar-refractivity contribution is 5.35. The molecule has 0 fully saturated rings. The second-order valence-electron chi connectivity index (χ2n) is 8.15. The quantitative estimate of drug-likeness (QED) is 0.234. The minimum absolute atomic E-state index is 0.0958. The molecule has 0 unspecified atom stereocenters. The number of hydrogen-bond donors (Lipinski definition) is 1. The van der Waals surface area contributed by atoms with Gasteiger partial charge in [-0.15, -0.1) is 0 Å². The molecule has 4 rings (SSSR count). The largest absolute Gasteiger partial charge is 0.457 e. The zero-order valence-electron chi connectivity index (χ0n) is 18.8. The lowest BCUT2D eigenvalue weighted by atomic mass is 10.1. The molecule has 0 aliphatic rings. The fourth-order valence-corrected chi connectivity index (χ4v) is 3.78. The number of nitrogens with zero attached hydrogens (tertiary/aromatic N) is 2. The van der Waals surface area contributed by atoms with Gasteiger partial charge in [0.05, 0.1) is 4.92 Å². The topological polar surface area (TPSA) is 81.6 Å². The Morgan fingerprint density at radius 2 is 1.24 bits per heavy atom. The van der Waals surface area contributed by atoms with Gasteiger partial charge in [-0.25, -0.2) is 0 Å². The average molecular weight is 454 g/mol. The molecule has 0 saturated carbocycles. The summed E-state index contributed by atoms with van der Waals surface area (Å²) < 4.78 is 6.00. The number of nitro benzene ring substituents is 1. The van der Waals surface area contributed by atoms with Crippen LogP contribution in [0.5, 0.6) is 11.5 Å². The maximum Gasteiger partial charge on any atom is 0.269 e. The van der Waals surface area contributed by atoms with Gasteiger partial charge in [-0.1, -0.05) is 66.7 Å². The van der Waals surface area contributed by atoms with E-state index in [0.29, 0.717) is 19.6 Å². The van der Waals surface area contributed by atoms with Crippen molar-refractivity contribution >= 4 is 5.69 Å². The molecule has 0 aromatic heterocycles. The number of para-hydroxylation sites is 1. The van der Waals surface area contributed by atoms with Gasteiger partial charge in [-0.05, 0) is 46.5 Å². The van der Waals surface area contributed by atoms with Crippen LogP contribution in [0.25, 0.3) is 0 Å². The highest BCUT2D eigenvalue weighted by Crippen LogP contribution is 2.24. The lowest BCUT2D eigenvalue weighted by Crippen LogP contribution is -2.22. The first-order valence-electron chi connectivity index (χ1n) is 11.1. The Balaban J connectivity index is 1.53. The van der Waals surface area contributed by atoms with E-state index in [1.807, 2.05) is 72.8 Å². The Bertz CT molecular complexity index is 1210. The number of hydrogen-bond acceptors (Lipinski definition) is 5. The first-order chi connectivity index (χ1) is 16.6. The van der Waals surface area contributed by atoms with Crippen molar-refractivity contribution in [2.45, 2.75) is 26.2 Å². The van der Waals surface area contributed by atoms with Crippen molar-refractivity contribution in [3.8, 4) is 11.5 Å². The SMILES string of the molecule is NCc1ccc(CN(Cc2ccc([N+](=O)[O-])cc2)Cc2cccc(Oc3ccccc3)c2)cc1. The molecule has 34 heavy (non-hydrogen) atoms. The monoisotopic (exact) mass is 453 g/mol. The van der Waals surface area contributed by atoms with Gasteiger partial charge >= 0.3 is 0 Å². The molecule has 172 valence electrons. The summed E-state index contributed by atoms with van der Waals surface area (Å²) in [6.07, 6.45) is 0. The van der Waals surface area contributed by atoms with Crippen LogP contribution < -0.4 is 10.5 Å². The van der Waals surface area contributed by atoms with Crippen molar-refractivity contribution in [3.05, 3.63) is 135 Å². The summed E-state index contributed by atoms with van der Waals surface area (Å²) in [6.45, 7) is 2.59. The van der Waals surface area contributed by atoms with Gasteiger partial charge in [0.1, 0.15) is 11.5 Å². The van der Waals surface area contributed by atoms with E-state index < -0.39 is 0 Å². The number of ether oxygens (including phenoxy) is 1. The Morgan fingerprint density at radius 3 is 1.85 bits per heavy atom. The van der Waals surface area contributed by atoms with Gasteiger partial charge in [0.25, 0.3) is 5.69 Å². The van der Waals surface area contributed by atoms with Crippen LogP contribution in [0.1, 0.15) is 22.3 Å². The predicted molar refractivity (Wildman–Crippen MR) is 133 cm³/mol. The number of non-ortho nitro benzene ring substituents is 1. The molecule has 2 N–H and O–H groups in total. The molecule has 0 atom stereocenters. The van der Waals surface area contributed by atoms with Gasteiger partial charge in [0, 0.05) is 38.3 Å². The molecule has 4 aromatic rings. The highest BCUT2D eigenvalue weighted by atomic mass is 16.6. The molecule has 0 spiro atoms. The first kappa shape index (κ1) is 23.2. The van der Waals surface area contributed by atoms with Crippen LogP contribution in [-0.2, 0) is 26.2 Å². The molecule has 6 heteroatoms. The van der Waals surface area contributed by atoms with E-state index in [-0.39, 0.29) is 10.6 Å². The molecule has 0 bridgehead atoms. The zero-order valence-corrected chi connectivity index (χ0v) is 18.8. The van der Waals surface area contributed by atoms with Crippen LogP contribution in [0.3, 0.4) is 0 Å². The highest BCUT2D eigenvalue weighted by Gasteiger charge is 2.11. The van der Waals surface area contributed by atoms with Gasteiger partial charge < -0.3 is 10.5 Å². The minimum atomic E-state index is -0.376. The zero-order chi connectivity index (χ0) is 23.8. The normalized spacial score (nSPS) is 10.9. The van der Waals surface area contributed by atoms with Crippen molar-refractivity contribution in [1.29, 1.82) is 0 Å². The maximum absolute atomic E-state index is 11.0. The molecular weight excluding hydrogens is 426 g/mol. The second-order valence-corrected chi connectivity index (χ2v) is 8.15. The Kier molecular flexibility index (Phi) is 7.65. The molecule has 0 aliphatic carbocycles. The van der Waals surface area contributed by atoms with Gasteiger partial charge in [0.15, 0.2) is 0 Å². The molecule has 4 aromatic carbocycles. The molecule has 0 aliphatic heterocycles. The van der Waals surface area contributed by atoms with Crippen LogP contribution in [0, 0.1) is 10.1 Å². The smallest absolute Gasteiger partial charge is 0.269 e. The first-order valence-corrected chi connectivity index (χ1v) is 11.1. The molecule has 0 saturated heterocycles. The number of benzene rings is 4. The summed E-state index contributed by atoms with van der Waals surface area (Å²) >= 11 is 0. The molecule has 0 heterocycles. The summed E-state index contributed by atoms with van der Waals surface area (Å²) in [5, 5.41) is 11.0. The van der Waals surface area contributed by atoms with Crippen molar-refractivity contribution in [3.63, 3.8) is 0 Å². The van der Waals surface area contributed by atoms with E-state index in [1.54, 1.807) is 12.1 Å². The summed E-state index contributed by atoms with van der Waals surface area (Å²) in [5.74, 6) is 1.58. The minimum Gasteiger partial charge on any atom is -0.457 e. The van der Waals surface area contributed by atoms with Crippen LogP contribution >= 0.6 is 0 Å². The van der Waals surface area contributed by atoms with Crippen molar-refractivity contribution in [2.75, 3.05) is 0 Å². The third-order valence-electron chi connectivity index (χ3n) is 5.50. The van der Waals surface area contributed by atoms with Crippen LogP contribution in [0.2, 0.25) is 0 Å². The molecular formula is C28H27N3O3. The van der Waals surface area contributed by atoms with Crippen molar-refractivity contribution in [1.82, 2.24) is 4.90 Å². The van der Waals surface area contributed by atoms with Gasteiger partial charge in [-0.3, -0.25) is 15.0 Å². The molecule has 6 nitrogen and oxygen atoms in total. The van der Waals surface area contributed by atoms with Crippen LogP contribution in [0.4, 0.5) is 5.69 Å². The fourth-order valence-electron chi connectivity index (χ4n) is 3.78. The molecule has 0 radical (unpaired) electrons. The summed E-state index contributed by atoms with van der Waals surface area (Å²) in [5.41, 5.74) is 10.2. The maximum atomic E-state index is 11.0. The third kappa shape index (κ3) is 6.51. The number of nitrogens with two attached hydrogens (primary N) is 1. The van der Waals surface area contributed by atoms with Crippen molar-refractivity contribution < 1.29 is 9.66 Å². The van der Waals surface area contributed by atoms with E-state index in [1.165, 1.54) is 5.56 Å².